The predicted molar refractivity (Wildman–Crippen MR) is 150 cm³/mol. The van der Waals surface area contributed by atoms with E-state index in [-0.39, 0.29) is 17.7 Å². The number of carbonyl (C=O) groups excluding carboxylic acids is 1. The van der Waals surface area contributed by atoms with Gasteiger partial charge in [-0.2, -0.15) is 18.4 Å². The molecule has 1 fully saturated rings. The number of oxazole rings is 1. The van der Waals surface area contributed by atoms with E-state index in [0.717, 1.165) is 36.6 Å². The Labute approximate surface area is 236 Å². The van der Waals surface area contributed by atoms with Crippen LogP contribution in [-0.2, 0) is 12.7 Å². The van der Waals surface area contributed by atoms with Gasteiger partial charge in [0.1, 0.15) is 5.52 Å². The monoisotopic (exact) mass is 560 g/mol. The minimum Gasteiger partial charge on any atom is -0.436 e. The van der Waals surface area contributed by atoms with E-state index in [9.17, 15) is 23.2 Å². The summed E-state index contributed by atoms with van der Waals surface area (Å²) in [6, 6.07) is 18.2. The van der Waals surface area contributed by atoms with Crippen LogP contribution in [0.3, 0.4) is 0 Å². The van der Waals surface area contributed by atoms with E-state index in [1.165, 1.54) is 12.1 Å². The van der Waals surface area contributed by atoms with Crippen molar-refractivity contribution < 1.29 is 22.4 Å². The van der Waals surface area contributed by atoms with Crippen LogP contribution in [0, 0.1) is 17.2 Å². The Morgan fingerprint density at radius 2 is 1.95 bits per heavy atom. The molecule has 1 aromatic heterocycles. The molecule has 0 saturated carbocycles. The fourth-order valence-electron chi connectivity index (χ4n) is 5.34. The zero-order valence-electron chi connectivity index (χ0n) is 23.0. The van der Waals surface area contributed by atoms with Crippen molar-refractivity contribution in [2.24, 2.45) is 5.92 Å². The van der Waals surface area contributed by atoms with E-state index in [0.29, 0.717) is 53.3 Å². The highest BCUT2D eigenvalue weighted by Gasteiger charge is 2.30. The number of nitriles is 1. The number of carbonyl (C=O) groups is 1. The molecule has 1 N–H and O–H groups in total. The van der Waals surface area contributed by atoms with Crippen LogP contribution < -0.4 is 5.32 Å². The summed E-state index contributed by atoms with van der Waals surface area (Å²) in [6.45, 7) is 6.53. The van der Waals surface area contributed by atoms with E-state index >= 15 is 0 Å². The van der Waals surface area contributed by atoms with Crippen LogP contribution in [0.4, 0.5) is 13.2 Å². The highest BCUT2D eigenvalue weighted by molar-refractivity contribution is 5.94. The number of hydrogen-bond donors (Lipinski definition) is 1. The maximum Gasteiger partial charge on any atom is 0.416 e. The number of rotatable bonds is 7. The molecule has 1 saturated heterocycles. The molecule has 3 aromatic carbocycles. The Hall–Kier alpha value is -4.16. The molecule has 0 radical (unpaired) electrons. The molecule has 0 spiro atoms. The number of nitrogens with one attached hydrogen (secondary N) is 1. The zero-order chi connectivity index (χ0) is 29.1. The standard InChI is InChI=1S/C32H31F3N4O2/c1-20(2)27-14-23(16-36)15-28-29(27)41-31(38-28)25-10-8-24(9-11-25)30(40)37-17-22-6-4-12-39(19-22)18-21-5-3-7-26(13-21)32(33,34)35/h3,5,7-11,13-15,20,22H,4,6,12,17-19H2,1-2H3,(H,37,40)/t22-/m1/s1. The largest absolute Gasteiger partial charge is 0.436 e. The second-order valence-corrected chi connectivity index (χ2v) is 10.9. The summed E-state index contributed by atoms with van der Waals surface area (Å²) >= 11 is 0. The van der Waals surface area contributed by atoms with Gasteiger partial charge in [-0.05, 0) is 79.3 Å². The third-order valence-corrected chi connectivity index (χ3v) is 7.48. The van der Waals surface area contributed by atoms with Gasteiger partial charge in [0.15, 0.2) is 5.58 Å². The van der Waals surface area contributed by atoms with Gasteiger partial charge in [0.05, 0.1) is 17.2 Å². The first-order valence-corrected chi connectivity index (χ1v) is 13.7. The summed E-state index contributed by atoms with van der Waals surface area (Å²) in [7, 11) is 0. The van der Waals surface area contributed by atoms with Crippen LogP contribution in [0.15, 0.2) is 65.1 Å². The molecule has 1 aliphatic heterocycles. The second-order valence-electron chi connectivity index (χ2n) is 10.9. The predicted octanol–water partition coefficient (Wildman–Crippen LogP) is 7.15. The quantitative estimate of drug-likeness (QED) is 0.260. The lowest BCUT2D eigenvalue weighted by Crippen LogP contribution is -2.40. The molecule has 5 rings (SSSR count). The summed E-state index contributed by atoms with van der Waals surface area (Å²) in [5.41, 5.74) is 3.97. The lowest BCUT2D eigenvalue weighted by Gasteiger charge is -2.33. The molecule has 212 valence electrons. The summed E-state index contributed by atoms with van der Waals surface area (Å²) in [6.07, 6.45) is -2.49. The third kappa shape index (κ3) is 6.60. The zero-order valence-corrected chi connectivity index (χ0v) is 23.0. The third-order valence-electron chi connectivity index (χ3n) is 7.48. The van der Waals surface area contributed by atoms with Gasteiger partial charge >= 0.3 is 6.18 Å². The average molecular weight is 561 g/mol. The van der Waals surface area contributed by atoms with Crippen molar-refractivity contribution in [2.75, 3.05) is 19.6 Å². The number of alkyl halides is 3. The van der Waals surface area contributed by atoms with Gasteiger partial charge in [-0.15, -0.1) is 0 Å². The van der Waals surface area contributed by atoms with E-state index in [4.69, 9.17) is 4.42 Å². The number of likely N-dealkylation sites (tertiary alicyclic amines) is 1. The number of fused-ring (bicyclic) bond motifs is 1. The van der Waals surface area contributed by atoms with Crippen molar-refractivity contribution in [3.05, 3.63) is 88.5 Å². The second kappa shape index (κ2) is 11.8. The van der Waals surface area contributed by atoms with Crippen molar-refractivity contribution >= 4 is 17.0 Å². The first-order chi connectivity index (χ1) is 19.6. The maximum absolute atomic E-state index is 13.1. The highest BCUT2D eigenvalue weighted by atomic mass is 19.4. The molecule has 0 bridgehead atoms. The van der Waals surface area contributed by atoms with Gasteiger partial charge < -0.3 is 9.73 Å². The van der Waals surface area contributed by atoms with Crippen LogP contribution >= 0.6 is 0 Å². The molecule has 0 unspecified atom stereocenters. The van der Waals surface area contributed by atoms with Gasteiger partial charge in [0, 0.05) is 36.3 Å². The van der Waals surface area contributed by atoms with E-state index in [1.807, 2.05) is 19.9 Å². The number of halogens is 3. The SMILES string of the molecule is CC(C)c1cc(C#N)cc2nc(-c3ccc(C(=O)NC[C@H]4CCCN(Cc5cccc(C(F)(F)F)c5)C4)cc3)oc12. The molecular weight excluding hydrogens is 529 g/mol. The maximum atomic E-state index is 13.1. The number of hydrogen-bond acceptors (Lipinski definition) is 5. The van der Waals surface area contributed by atoms with Crippen molar-refractivity contribution in [1.29, 1.82) is 5.26 Å². The molecule has 1 atom stereocenters. The van der Waals surface area contributed by atoms with Crippen molar-refractivity contribution in [2.45, 2.75) is 45.3 Å². The van der Waals surface area contributed by atoms with Crippen molar-refractivity contribution in [3.8, 4) is 17.5 Å². The first kappa shape index (κ1) is 28.4. The van der Waals surface area contributed by atoms with Crippen LogP contribution in [0.2, 0.25) is 0 Å². The Morgan fingerprint density at radius 3 is 2.66 bits per heavy atom. The fraction of sp³-hybridized carbons (Fsp3) is 0.344. The number of amides is 1. The Balaban J connectivity index is 1.19. The smallest absolute Gasteiger partial charge is 0.416 e. The van der Waals surface area contributed by atoms with Gasteiger partial charge in [0.25, 0.3) is 5.91 Å². The molecule has 2 heterocycles. The molecule has 41 heavy (non-hydrogen) atoms. The van der Waals surface area contributed by atoms with Gasteiger partial charge in [-0.1, -0.05) is 32.0 Å². The van der Waals surface area contributed by atoms with E-state index in [1.54, 1.807) is 36.4 Å². The molecule has 1 amide bonds. The lowest BCUT2D eigenvalue weighted by atomic mass is 9.97. The van der Waals surface area contributed by atoms with Crippen LogP contribution in [0.5, 0.6) is 0 Å². The summed E-state index contributed by atoms with van der Waals surface area (Å²) < 4.78 is 45.3. The normalized spacial score (nSPS) is 16.2. The molecule has 0 aliphatic carbocycles. The Bertz CT molecular complexity index is 1590. The molecule has 9 heteroatoms. The van der Waals surface area contributed by atoms with E-state index < -0.39 is 11.7 Å². The van der Waals surface area contributed by atoms with Crippen molar-refractivity contribution in [3.63, 3.8) is 0 Å². The summed E-state index contributed by atoms with van der Waals surface area (Å²) in [4.78, 5) is 19.6. The van der Waals surface area contributed by atoms with Gasteiger partial charge in [-0.3, -0.25) is 9.69 Å². The molecule has 1 aliphatic rings. The number of nitrogens with zero attached hydrogens (tertiary/aromatic N) is 3. The van der Waals surface area contributed by atoms with Crippen LogP contribution in [0.25, 0.3) is 22.6 Å². The minimum atomic E-state index is -4.36. The topological polar surface area (TPSA) is 82.2 Å². The van der Waals surface area contributed by atoms with Gasteiger partial charge in [0.2, 0.25) is 5.89 Å². The van der Waals surface area contributed by atoms with Crippen molar-refractivity contribution in [1.82, 2.24) is 15.2 Å². The van der Waals surface area contributed by atoms with Gasteiger partial charge in [-0.25, -0.2) is 4.98 Å². The number of benzene rings is 3. The molecule has 6 nitrogen and oxygen atoms in total. The average Bonchev–Trinajstić information content (AvgIpc) is 3.39. The number of piperidine rings is 1. The highest BCUT2D eigenvalue weighted by Crippen LogP contribution is 2.32. The fourth-order valence-corrected chi connectivity index (χ4v) is 5.34. The molecule has 4 aromatic rings. The Morgan fingerprint density at radius 1 is 1.17 bits per heavy atom. The lowest BCUT2D eigenvalue weighted by molar-refractivity contribution is -0.137. The Kier molecular flexibility index (Phi) is 8.13. The summed E-state index contributed by atoms with van der Waals surface area (Å²) in [5.74, 6) is 0.609. The van der Waals surface area contributed by atoms with Crippen LogP contribution in [0.1, 0.15) is 65.2 Å². The first-order valence-electron chi connectivity index (χ1n) is 13.7. The minimum absolute atomic E-state index is 0.162. The van der Waals surface area contributed by atoms with E-state index in [2.05, 4.69) is 21.3 Å². The number of aromatic nitrogens is 1. The van der Waals surface area contributed by atoms with Crippen LogP contribution in [-0.4, -0.2) is 35.4 Å². The summed E-state index contributed by atoms with van der Waals surface area (Å²) in [5, 5.41) is 12.4. The molecular formula is C32H31F3N4O2.